The molecule has 3 atom stereocenters. The Bertz CT molecular complexity index is 974. The van der Waals surface area contributed by atoms with Crippen molar-refractivity contribution in [2.45, 2.75) is 12.3 Å². The van der Waals surface area contributed by atoms with Gasteiger partial charge in [-0.25, -0.2) is 13.8 Å². The highest BCUT2D eigenvalue weighted by Crippen LogP contribution is 2.32. The minimum atomic E-state index is -1.45. The van der Waals surface area contributed by atoms with Crippen LogP contribution in [0.4, 0.5) is 14.7 Å². The zero-order chi connectivity index (χ0) is 19.7. The van der Waals surface area contributed by atoms with E-state index in [2.05, 4.69) is 9.97 Å². The van der Waals surface area contributed by atoms with Gasteiger partial charge >= 0.3 is 0 Å². The molecule has 146 valence electrons. The number of aromatic nitrogens is 3. The number of nitrogens with zero attached hydrogens (tertiary/aromatic N) is 4. The number of rotatable bonds is 3. The first-order chi connectivity index (χ1) is 13.5. The molecule has 0 spiro atoms. The van der Waals surface area contributed by atoms with Crippen LogP contribution in [0.5, 0.6) is 0 Å². The van der Waals surface area contributed by atoms with Crippen LogP contribution >= 0.6 is 0 Å². The van der Waals surface area contributed by atoms with Gasteiger partial charge in [-0.05, 0) is 24.3 Å². The lowest BCUT2D eigenvalue weighted by atomic mass is 9.90. The molecule has 2 unspecified atom stereocenters. The first kappa shape index (κ1) is 18.5. The van der Waals surface area contributed by atoms with Gasteiger partial charge in [-0.2, -0.15) is 0 Å². The molecule has 28 heavy (non-hydrogen) atoms. The Balaban J connectivity index is 1.65. The lowest BCUT2D eigenvalue weighted by Gasteiger charge is -2.38. The maximum Gasteiger partial charge on any atom is 0.255 e. The number of halogens is 2. The second-order valence-corrected chi connectivity index (χ2v) is 6.84. The van der Waals surface area contributed by atoms with Gasteiger partial charge in [-0.3, -0.25) is 14.3 Å². The molecule has 0 aromatic carbocycles. The van der Waals surface area contributed by atoms with E-state index in [0.717, 1.165) is 5.56 Å². The predicted molar refractivity (Wildman–Crippen MR) is 101 cm³/mol. The Morgan fingerprint density at radius 2 is 2.07 bits per heavy atom. The van der Waals surface area contributed by atoms with E-state index in [-0.39, 0.29) is 12.1 Å². The maximum atomic E-state index is 14.3. The van der Waals surface area contributed by atoms with Gasteiger partial charge in [0.2, 0.25) is 5.95 Å². The van der Waals surface area contributed by atoms with E-state index in [0.29, 0.717) is 24.8 Å². The van der Waals surface area contributed by atoms with Crippen molar-refractivity contribution in [3.63, 3.8) is 0 Å². The molecular formula is C20H20F2N4O2. The summed E-state index contributed by atoms with van der Waals surface area (Å²) >= 11 is 0. The molecule has 1 aliphatic carbocycles. The van der Waals surface area contributed by atoms with Gasteiger partial charge in [-0.1, -0.05) is 6.08 Å². The third-order valence-corrected chi connectivity index (χ3v) is 5.08. The first-order valence-corrected chi connectivity index (χ1v) is 9.07. The Morgan fingerprint density at radius 3 is 2.82 bits per heavy atom. The van der Waals surface area contributed by atoms with E-state index in [1.807, 2.05) is 4.90 Å². The number of hydrogen-bond acceptors (Lipinski definition) is 5. The number of anilines is 1. The third-order valence-electron chi connectivity index (χ3n) is 5.08. The molecule has 6 nitrogen and oxygen atoms in total. The second-order valence-electron chi connectivity index (χ2n) is 6.84. The van der Waals surface area contributed by atoms with E-state index in [1.54, 1.807) is 31.6 Å². The molecule has 0 radical (unpaired) electrons. The Labute approximate surface area is 160 Å². The molecule has 1 aliphatic heterocycles. The van der Waals surface area contributed by atoms with E-state index in [4.69, 9.17) is 4.74 Å². The first-order valence-electron chi connectivity index (χ1n) is 9.07. The van der Waals surface area contributed by atoms with Gasteiger partial charge in [-0.15, -0.1) is 0 Å². The molecule has 0 N–H and O–H groups in total. The largest absolute Gasteiger partial charge is 0.374 e. The van der Waals surface area contributed by atoms with Gasteiger partial charge in [0.25, 0.3) is 5.56 Å². The van der Waals surface area contributed by atoms with Crippen LogP contribution in [-0.4, -0.2) is 46.5 Å². The van der Waals surface area contributed by atoms with Crippen LogP contribution in [0.3, 0.4) is 0 Å². The summed E-state index contributed by atoms with van der Waals surface area (Å²) in [6, 6.07) is 5.01. The van der Waals surface area contributed by atoms with Crippen molar-refractivity contribution in [3.05, 3.63) is 65.0 Å². The maximum absolute atomic E-state index is 14.3. The lowest BCUT2D eigenvalue weighted by Crippen LogP contribution is -2.49. The Hall–Kier alpha value is -2.87. The summed E-state index contributed by atoms with van der Waals surface area (Å²) in [5.74, 6) is -1.08. The minimum Gasteiger partial charge on any atom is -0.374 e. The van der Waals surface area contributed by atoms with Crippen molar-refractivity contribution in [2.75, 3.05) is 24.6 Å². The molecule has 0 amide bonds. The van der Waals surface area contributed by atoms with E-state index in [1.165, 1.54) is 28.9 Å². The van der Waals surface area contributed by atoms with Crippen molar-refractivity contribution in [1.29, 1.82) is 0 Å². The van der Waals surface area contributed by atoms with E-state index < -0.39 is 24.0 Å². The molecular weight excluding hydrogens is 366 g/mol. The number of hydrogen-bond donors (Lipinski definition) is 0. The molecule has 8 heteroatoms. The van der Waals surface area contributed by atoms with Gasteiger partial charge in [0.1, 0.15) is 12.0 Å². The van der Waals surface area contributed by atoms with Crippen LogP contribution in [0, 0.1) is 5.92 Å². The van der Waals surface area contributed by atoms with E-state index in [9.17, 15) is 13.6 Å². The standard InChI is InChI=1S/C20H20F2N4O2/c1-25-18(27)11-16(13-5-7-23-8-6-13)24-20(25)26-9-10-28-17(12-26)19-14(21)3-2-4-15(19)22/h2-8,11,14,17,19H,9-10,12H2,1H3/t14?,17-,19?/m0/s1. The molecule has 1 saturated heterocycles. The van der Waals surface area contributed by atoms with Crippen LogP contribution in [0.1, 0.15) is 0 Å². The SMILES string of the molecule is Cn1c(N2CCO[C@H](C3C(F)=CC=CC3F)C2)nc(-c2ccncc2)cc1=O. The zero-order valence-corrected chi connectivity index (χ0v) is 15.3. The van der Waals surface area contributed by atoms with Gasteiger partial charge < -0.3 is 9.64 Å². The Kier molecular flexibility index (Phi) is 5.04. The van der Waals surface area contributed by atoms with Gasteiger partial charge in [0.15, 0.2) is 0 Å². The summed E-state index contributed by atoms with van der Waals surface area (Å²) in [5, 5.41) is 0. The quantitative estimate of drug-likeness (QED) is 0.811. The fourth-order valence-corrected chi connectivity index (χ4v) is 3.57. The molecule has 2 aromatic rings. The minimum absolute atomic E-state index is 0.213. The van der Waals surface area contributed by atoms with Crippen LogP contribution in [-0.2, 0) is 11.8 Å². The number of pyridine rings is 1. The molecule has 2 aliphatic rings. The smallest absolute Gasteiger partial charge is 0.255 e. The lowest BCUT2D eigenvalue weighted by molar-refractivity contribution is -0.0115. The second kappa shape index (κ2) is 7.63. The normalized spacial score (nSPS) is 24.9. The summed E-state index contributed by atoms with van der Waals surface area (Å²) in [4.78, 5) is 22.9. The summed E-state index contributed by atoms with van der Waals surface area (Å²) in [5.41, 5.74) is 1.09. The van der Waals surface area contributed by atoms with Crippen molar-refractivity contribution in [1.82, 2.24) is 14.5 Å². The van der Waals surface area contributed by atoms with Crippen molar-refractivity contribution in [2.24, 2.45) is 13.0 Å². The van der Waals surface area contributed by atoms with Crippen molar-refractivity contribution >= 4 is 5.95 Å². The summed E-state index contributed by atoms with van der Waals surface area (Å²) in [6.45, 7) is 1.00. The fourth-order valence-electron chi connectivity index (χ4n) is 3.57. The van der Waals surface area contributed by atoms with Crippen molar-refractivity contribution < 1.29 is 13.5 Å². The average molecular weight is 386 g/mol. The van der Waals surface area contributed by atoms with Crippen LogP contribution in [0.25, 0.3) is 11.3 Å². The fraction of sp³-hybridized carbons (Fsp3) is 0.350. The highest BCUT2D eigenvalue weighted by Gasteiger charge is 2.38. The molecule has 3 heterocycles. The molecule has 0 saturated carbocycles. The van der Waals surface area contributed by atoms with Gasteiger partial charge in [0.05, 0.1) is 24.3 Å². The topological polar surface area (TPSA) is 60.2 Å². The van der Waals surface area contributed by atoms with Crippen LogP contribution < -0.4 is 10.5 Å². The summed E-state index contributed by atoms with van der Waals surface area (Å²) < 4.78 is 35.6. The molecule has 2 aromatic heterocycles. The number of morpholine rings is 1. The molecule has 4 rings (SSSR count). The third kappa shape index (κ3) is 3.47. The Morgan fingerprint density at radius 1 is 1.29 bits per heavy atom. The molecule has 1 fully saturated rings. The van der Waals surface area contributed by atoms with Crippen molar-refractivity contribution in [3.8, 4) is 11.3 Å². The highest BCUT2D eigenvalue weighted by atomic mass is 19.1. The van der Waals surface area contributed by atoms with Crippen LogP contribution in [0.15, 0.2) is 59.4 Å². The summed E-state index contributed by atoms with van der Waals surface area (Å²) in [6.07, 6.45) is 5.11. The van der Waals surface area contributed by atoms with Gasteiger partial charge in [0, 0.05) is 44.2 Å². The summed E-state index contributed by atoms with van der Waals surface area (Å²) in [7, 11) is 1.63. The monoisotopic (exact) mass is 386 g/mol. The highest BCUT2D eigenvalue weighted by molar-refractivity contribution is 5.59. The number of alkyl halides is 1. The predicted octanol–water partition coefficient (Wildman–Crippen LogP) is 2.43. The zero-order valence-electron chi connectivity index (χ0n) is 15.3. The number of ether oxygens (including phenoxy) is 1. The van der Waals surface area contributed by atoms with Crippen LogP contribution in [0.2, 0.25) is 0 Å². The van der Waals surface area contributed by atoms with E-state index >= 15 is 0 Å². The molecule has 0 bridgehead atoms. The number of allylic oxidation sites excluding steroid dienone is 3. The average Bonchev–Trinajstić information content (AvgIpc) is 2.71.